The Balaban J connectivity index is 1.82. The lowest BCUT2D eigenvalue weighted by molar-refractivity contribution is 0.00578. The zero-order valence-corrected chi connectivity index (χ0v) is 14.4. The predicted octanol–water partition coefficient (Wildman–Crippen LogP) is 1.69. The lowest BCUT2D eigenvalue weighted by atomic mass is 9.78. The molecule has 0 spiro atoms. The minimum Gasteiger partial charge on any atom is -0.399 e. The zero-order valence-electron chi connectivity index (χ0n) is 14.4. The van der Waals surface area contributed by atoms with Gasteiger partial charge in [-0.2, -0.15) is 5.26 Å². The summed E-state index contributed by atoms with van der Waals surface area (Å²) in [5, 5.41) is 9.49. The zero-order chi connectivity index (χ0) is 16.8. The van der Waals surface area contributed by atoms with Crippen molar-refractivity contribution in [1.29, 1.82) is 5.26 Å². The van der Waals surface area contributed by atoms with Gasteiger partial charge in [-0.1, -0.05) is 6.07 Å². The minimum atomic E-state index is -0.440. The number of nitrogens with zero attached hydrogens (tertiary/aromatic N) is 2. The van der Waals surface area contributed by atoms with Gasteiger partial charge in [-0.15, -0.1) is 0 Å². The van der Waals surface area contributed by atoms with Gasteiger partial charge in [0, 0.05) is 20.2 Å². The molecule has 23 heavy (non-hydrogen) atoms. The smallest absolute Gasteiger partial charge is 0.399 e. The third kappa shape index (κ3) is 2.74. The van der Waals surface area contributed by atoms with Crippen molar-refractivity contribution < 1.29 is 14.0 Å². The van der Waals surface area contributed by atoms with Gasteiger partial charge < -0.3 is 18.9 Å². The second-order valence-corrected chi connectivity index (χ2v) is 7.24. The third-order valence-electron chi connectivity index (χ3n) is 5.19. The van der Waals surface area contributed by atoms with Crippen LogP contribution in [0.5, 0.6) is 0 Å². The maximum absolute atomic E-state index is 9.49. The van der Waals surface area contributed by atoms with E-state index in [0.29, 0.717) is 5.56 Å². The standard InChI is InChI=1S/C17H23BN2O3/c1-16(2)17(3,4)23-18(22-16)13-6-7-15(12(8-13)9-19)20-10-14(11-20)21-5/h6-8,14H,10-11H2,1-5H3. The Bertz CT molecular complexity index is 632. The van der Waals surface area contributed by atoms with Crippen LogP contribution < -0.4 is 10.4 Å². The maximum atomic E-state index is 9.49. The number of benzene rings is 1. The number of methoxy groups -OCH3 is 1. The Morgan fingerprint density at radius 3 is 2.35 bits per heavy atom. The molecule has 2 aliphatic rings. The van der Waals surface area contributed by atoms with Gasteiger partial charge in [-0.05, 0) is 45.3 Å². The average Bonchev–Trinajstić information content (AvgIpc) is 2.66. The highest BCUT2D eigenvalue weighted by atomic mass is 16.7. The molecular weight excluding hydrogens is 291 g/mol. The van der Waals surface area contributed by atoms with Crippen LogP contribution >= 0.6 is 0 Å². The largest absolute Gasteiger partial charge is 0.494 e. The molecule has 0 bridgehead atoms. The molecule has 2 heterocycles. The summed E-state index contributed by atoms with van der Waals surface area (Å²) in [6.07, 6.45) is 0.254. The van der Waals surface area contributed by atoms with E-state index in [-0.39, 0.29) is 17.3 Å². The molecule has 0 radical (unpaired) electrons. The molecule has 1 aromatic carbocycles. The molecule has 0 amide bonds. The van der Waals surface area contributed by atoms with Crippen LogP contribution in [0.2, 0.25) is 0 Å². The first-order valence-corrected chi connectivity index (χ1v) is 7.95. The molecule has 122 valence electrons. The topological polar surface area (TPSA) is 54.7 Å². The molecule has 2 saturated heterocycles. The van der Waals surface area contributed by atoms with Crippen molar-refractivity contribution in [1.82, 2.24) is 0 Å². The fraction of sp³-hybridized carbons (Fsp3) is 0.588. The summed E-state index contributed by atoms with van der Waals surface area (Å²) in [6, 6.07) is 8.12. The van der Waals surface area contributed by atoms with Crippen molar-refractivity contribution in [2.45, 2.75) is 45.0 Å². The van der Waals surface area contributed by atoms with Crippen LogP contribution in [0.15, 0.2) is 18.2 Å². The molecule has 1 aromatic rings. The Hall–Kier alpha value is -1.55. The van der Waals surface area contributed by atoms with Crippen molar-refractivity contribution in [3.05, 3.63) is 23.8 Å². The fourth-order valence-electron chi connectivity index (χ4n) is 2.83. The summed E-state index contributed by atoms with van der Waals surface area (Å²) < 4.78 is 17.4. The number of hydrogen-bond acceptors (Lipinski definition) is 5. The first-order valence-electron chi connectivity index (χ1n) is 7.95. The highest BCUT2D eigenvalue weighted by Crippen LogP contribution is 2.36. The van der Waals surface area contributed by atoms with Crippen molar-refractivity contribution in [2.24, 2.45) is 0 Å². The number of rotatable bonds is 3. The first kappa shape index (κ1) is 16.3. The molecule has 0 saturated carbocycles. The average molecular weight is 314 g/mol. The van der Waals surface area contributed by atoms with Crippen molar-refractivity contribution in [3.8, 4) is 6.07 Å². The second kappa shape index (κ2) is 5.52. The van der Waals surface area contributed by atoms with Crippen LogP contribution in [-0.2, 0) is 14.0 Å². The summed E-state index contributed by atoms with van der Waals surface area (Å²) in [5.74, 6) is 0. The van der Waals surface area contributed by atoms with E-state index >= 15 is 0 Å². The van der Waals surface area contributed by atoms with E-state index in [0.717, 1.165) is 24.2 Å². The van der Waals surface area contributed by atoms with Gasteiger partial charge in [0.25, 0.3) is 0 Å². The van der Waals surface area contributed by atoms with Gasteiger partial charge in [-0.3, -0.25) is 0 Å². The minimum absolute atomic E-state index is 0.254. The van der Waals surface area contributed by atoms with Gasteiger partial charge in [-0.25, -0.2) is 0 Å². The quantitative estimate of drug-likeness (QED) is 0.795. The number of ether oxygens (including phenoxy) is 1. The van der Waals surface area contributed by atoms with Crippen molar-refractivity contribution in [3.63, 3.8) is 0 Å². The molecule has 0 N–H and O–H groups in total. The summed E-state index contributed by atoms with van der Waals surface area (Å²) in [5.41, 5.74) is 1.71. The van der Waals surface area contributed by atoms with Gasteiger partial charge in [0.15, 0.2) is 0 Å². The molecule has 6 heteroatoms. The molecule has 2 aliphatic heterocycles. The van der Waals surface area contributed by atoms with Gasteiger partial charge in [0.2, 0.25) is 0 Å². The van der Waals surface area contributed by atoms with E-state index in [1.54, 1.807) is 7.11 Å². The van der Waals surface area contributed by atoms with Gasteiger partial charge >= 0.3 is 7.12 Å². The molecular formula is C17H23BN2O3. The third-order valence-corrected chi connectivity index (χ3v) is 5.19. The Morgan fingerprint density at radius 1 is 1.22 bits per heavy atom. The molecule has 0 atom stereocenters. The monoisotopic (exact) mass is 314 g/mol. The Morgan fingerprint density at radius 2 is 1.83 bits per heavy atom. The molecule has 0 aromatic heterocycles. The number of hydrogen-bond donors (Lipinski definition) is 0. The molecule has 0 unspecified atom stereocenters. The summed E-state index contributed by atoms with van der Waals surface area (Å²) >= 11 is 0. The predicted molar refractivity (Wildman–Crippen MR) is 89.9 cm³/mol. The van der Waals surface area contributed by atoms with Crippen LogP contribution in [0.25, 0.3) is 0 Å². The summed E-state index contributed by atoms with van der Waals surface area (Å²) in [4.78, 5) is 2.15. The van der Waals surface area contributed by atoms with E-state index in [2.05, 4.69) is 11.0 Å². The number of anilines is 1. The van der Waals surface area contributed by atoms with E-state index < -0.39 is 7.12 Å². The van der Waals surface area contributed by atoms with Crippen LogP contribution in [-0.4, -0.2) is 44.6 Å². The molecule has 0 aliphatic carbocycles. The van der Waals surface area contributed by atoms with Crippen LogP contribution in [0.4, 0.5) is 5.69 Å². The van der Waals surface area contributed by atoms with Gasteiger partial charge in [0.05, 0.1) is 28.6 Å². The summed E-state index contributed by atoms with van der Waals surface area (Å²) in [7, 11) is 1.28. The van der Waals surface area contributed by atoms with E-state index in [1.165, 1.54) is 0 Å². The normalized spacial score (nSPS) is 22.8. The lowest BCUT2D eigenvalue weighted by Crippen LogP contribution is -2.52. The van der Waals surface area contributed by atoms with Crippen LogP contribution in [0.3, 0.4) is 0 Å². The van der Waals surface area contributed by atoms with E-state index in [4.69, 9.17) is 14.0 Å². The van der Waals surface area contributed by atoms with Crippen molar-refractivity contribution in [2.75, 3.05) is 25.1 Å². The fourth-order valence-corrected chi connectivity index (χ4v) is 2.83. The molecule has 3 rings (SSSR count). The summed E-state index contributed by atoms with van der Waals surface area (Å²) in [6.45, 7) is 9.74. The van der Waals surface area contributed by atoms with Crippen LogP contribution in [0.1, 0.15) is 33.3 Å². The second-order valence-electron chi connectivity index (χ2n) is 7.24. The number of nitriles is 1. The maximum Gasteiger partial charge on any atom is 0.494 e. The first-order chi connectivity index (χ1) is 10.8. The molecule has 5 nitrogen and oxygen atoms in total. The highest BCUT2D eigenvalue weighted by Gasteiger charge is 2.51. The lowest BCUT2D eigenvalue weighted by Gasteiger charge is -2.40. The van der Waals surface area contributed by atoms with E-state index in [1.807, 2.05) is 45.9 Å². The Labute approximate surface area is 138 Å². The highest BCUT2D eigenvalue weighted by molar-refractivity contribution is 6.62. The van der Waals surface area contributed by atoms with Crippen molar-refractivity contribution >= 4 is 18.3 Å². The SMILES string of the molecule is COC1CN(c2ccc(B3OC(C)(C)C(C)(C)O3)cc2C#N)C1. The molecule has 2 fully saturated rings. The van der Waals surface area contributed by atoms with Crippen LogP contribution in [0, 0.1) is 11.3 Å². The van der Waals surface area contributed by atoms with E-state index in [9.17, 15) is 5.26 Å². The Kier molecular flexibility index (Phi) is 3.92. The van der Waals surface area contributed by atoms with Gasteiger partial charge in [0.1, 0.15) is 6.07 Å².